The zero-order valence-electron chi connectivity index (χ0n) is 11.0. The van der Waals surface area contributed by atoms with Gasteiger partial charge in [0.25, 0.3) is 0 Å². The van der Waals surface area contributed by atoms with E-state index in [9.17, 15) is 9.18 Å². The van der Waals surface area contributed by atoms with Gasteiger partial charge in [0.05, 0.1) is 12.0 Å². The lowest BCUT2D eigenvalue weighted by atomic mass is 10.1. The molecule has 0 saturated heterocycles. The van der Waals surface area contributed by atoms with Crippen LogP contribution in [0, 0.1) is 5.82 Å². The highest BCUT2D eigenvalue weighted by atomic mass is 19.1. The van der Waals surface area contributed by atoms with Crippen LogP contribution in [0.2, 0.25) is 0 Å². The summed E-state index contributed by atoms with van der Waals surface area (Å²) in [6.45, 7) is 0. The fourth-order valence-electron chi connectivity index (χ4n) is 1.74. The Morgan fingerprint density at radius 1 is 1.43 bits per heavy atom. The minimum absolute atomic E-state index is 0.0361. The van der Waals surface area contributed by atoms with Crippen molar-refractivity contribution in [1.82, 2.24) is 0 Å². The average molecular weight is 291 g/mol. The number of hydrogen-bond donors (Lipinski definition) is 3. The van der Waals surface area contributed by atoms with Gasteiger partial charge in [-0.15, -0.1) is 0 Å². The molecule has 0 aliphatic carbocycles. The molecule has 0 saturated carbocycles. The number of nitrogens with zero attached hydrogens (tertiary/aromatic N) is 1. The summed E-state index contributed by atoms with van der Waals surface area (Å²) in [5, 5.41) is 13.8. The highest BCUT2D eigenvalue weighted by molar-refractivity contribution is 5.98. The fraction of sp³-hybridized carbons (Fsp3) is 0.143. The van der Waals surface area contributed by atoms with E-state index in [0.29, 0.717) is 12.2 Å². The number of amides is 1. The fourth-order valence-corrected chi connectivity index (χ4v) is 1.74. The highest BCUT2D eigenvalue weighted by Gasteiger charge is 2.10. The summed E-state index contributed by atoms with van der Waals surface area (Å²) in [5.41, 5.74) is 5.61. The largest absolute Gasteiger partial charge is 0.469 e. The van der Waals surface area contributed by atoms with Crippen molar-refractivity contribution >= 4 is 17.4 Å². The zero-order chi connectivity index (χ0) is 15.2. The van der Waals surface area contributed by atoms with Gasteiger partial charge in [-0.3, -0.25) is 4.79 Å². The van der Waals surface area contributed by atoms with Crippen LogP contribution in [0.4, 0.5) is 10.1 Å². The van der Waals surface area contributed by atoms with Crippen LogP contribution in [-0.2, 0) is 11.2 Å². The van der Waals surface area contributed by atoms with Gasteiger partial charge in [0.2, 0.25) is 5.91 Å². The highest BCUT2D eigenvalue weighted by Crippen LogP contribution is 2.16. The van der Waals surface area contributed by atoms with Crippen molar-refractivity contribution < 1.29 is 18.8 Å². The van der Waals surface area contributed by atoms with E-state index in [1.165, 1.54) is 18.4 Å². The lowest BCUT2D eigenvalue weighted by molar-refractivity contribution is -0.116. The van der Waals surface area contributed by atoms with E-state index >= 15 is 0 Å². The minimum atomic E-state index is -0.662. The molecule has 0 bridgehead atoms. The Morgan fingerprint density at radius 2 is 2.24 bits per heavy atom. The van der Waals surface area contributed by atoms with E-state index < -0.39 is 5.82 Å². The van der Waals surface area contributed by atoms with E-state index in [4.69, 9.17) is 15.4 Å². The molecule has 4 N–H and O–H groups in total. The molecule has 1 aromatic heterocycles. The third kappa shape index (κ3) is 3.82. The number of benzene rings is 1. The van der Waals surface area contributed by atoms with E-state index in [0.717, 1.165) is 6.07 Å². The number of nitrogens with two attached hydrogens (primary N) is 1. The maximum atomic E-state index is 13.8. The number of rotatable bonds is 5. The van der Waals surface area contributed by atoms with Crippen LogP contribution in [0.3, 0.4) is 0 Å². The first kappa shape index (κ1) is 14.6. The first-order valence-electron chi connectivity index (χ1n) is 6.20. The van der Waals surface area contributed by atoms with Gasteiger partial charge in [-0.1, -0.05) is 5.16 Å². The molecule has 0 aliphatic rings. The van der Waals surface area contributed by atoms with Gasteiger partial charge in [-0.2, -0.15) is 0 Å². The summed E-state index contributed by atoms with van der Waals surface area (Å²) in [7, 11) is 0. The summed E-state index contributed by atoms with van der Waals surface area (Å²) < 4.78 is 18.9. The second kappa shape index (κ2) is 6.56. The molecule has 1 heterocycles. The second-order valence-corrected chi connectivity index (χ2v) is 4.31. The Hall–Kier alpha value is -2.83. The molecule has 1 amide bonds. The monoisotopic (exact) mass is 291 g/mol. The van der Waals surface area contributed by atoms with Crippen LogP contribution < -0.4 is 11.1 Å². The van der Waals surface area contributed by atoms with Crippen molar-refractivity contribution in [2.24, 2.45) is 10.9 Å². The molecule has 0 aliphatic heterocycles. The van der Waals surface area contributed by atoms with Crippen LogP contribution in [0.1, 0.15) is 17.7 Å². The van der Waals surface area contributed by atoms with Crippen LogP contribution in [-0.4, -0.2) is 17.0 Å². The lowest BCUT2D eigenvalue weighted by Crippen LogP contribution is -2.16. The molecule has 0 spiro atoms. The Morgan fingerprint density at radius 3 is 2.86 bits per heavy atom. The van der Waals surface area contributed by atoms with Gasteiger partial charge in [-0.25, -0.2) is 4.39 Å². The summed E-state index contributed by atoms with van der Waals surface area (Å²) in [6, 6.07) is 7.38. The van der Waals surface area contributed by atoms with Crippen molar-refractivity contribution in [2.75, 3.05) is 5.32 Å². The number of nitrogens with one attached hydrogen (secondary N) is 1. The molecular weight excluding hydrogens is 277 g/mol. The number of carbonyl (C=O) groups is 1. The minimum Gasteiger partial charge on any atom is -0.469 e. The summed E-state index contributed by atoms with van der Waals surface area (Å²) in [6.07, 6.45) is 2.14. The molecule has 1 aromatic carbocycles. The van der Waals surface area contributed by atoms with Crippen molar-refractivity contribution in [3.63, 3.8) is 0 Å². The van der Waals surface area contributed by atoms with Gasteiger partial charge >= 0.3 is 0 Å². The third-order valence-corrected chi connectivity index (χ3v) is 2.83. The lowest BCUT2D eigenvalue weighted by Gasteiger charge is -2.07. The van der Waals surface area contributed by atoms with Crippen molar-refractivity contribution in [3.8, 4) is 0 Å². The number of aryl methyl sites for hydroxylation is 1. The average Bonchev–Trinajstić information content (AvgIpc) is 2.99. The van der Waals surface area contributed by atoms with Gasteiger partial charge in [0.1, 0.15) is 11.6 Å². The number of halogens is 1. The van der Waals surface area contributed by atoms with Crippen molar-refractivity contribution in [1.29, 1.82) is 0 Å². The predicted molar refractivity (Wildman–Crippen MR) is 74.6 cm³/mol. The Kier molecular flexibility index (Phi) is 4.55. The zero-order valence-corrected chi connectivity index (χ0v) is 11.0. The summed E-state index contributed by atoms with van der Waals surface area (Å²) in [5.74, 6) is -0.509. The van der Waals surface area contributed by atoms with E-state index in [-0.39, 0.29) is 29.4 Å². The predicted octanol–water partition coefficient (Wildman–Crippen LogP) is 2.08. The number of anilines is 1. The van der Waals surface area contributed by atoms with Crippen LogP contribution in [0.15, 0.2) is 46.2 Å². The number of furan rings is 1. The molecule has 110 valence electrons. The molecule has 0 radical (unpaired) electrons. The normalized spacial score (nSPS) is 11.4. The number of oxime groups is 1. The molecule has 7 heteroatoms. The molecular formula is C14H14FN3O3. The van der Waals surface area contributed by atoms with Gasteiger partial charge in [0.15, 0.2) is 5.84 Å². The molecule has 0 atom stereocenters. The topological polar surface area (TPSA) is 101 Å². The first-order chi connectivity index (χ1) is 10.1. The Balaban J connectivity index is 1.97. The quantitative estimate of drug-likeness (QED) is 0.340. The van der Waals surface area contributed by atoms with E-state index in [1.54, 1.807) is 12.1 Å². The van der Waals surface area contributed by atoms with Crippen molar-refractivity contribution in [3.05, 3.63) is 53.7 Å². The van der Waals surface area contributed by atoms with Gasteiger partial charge in [-0.05, 0) is 30.3 Å². The molecule has 2 rings (SSSR count). The maximum absolute atomic E-state index is 13.8. The van der Waals surface area contributed by atoms with Crippen LogP contribution >= 0.6 is 0 Å². The van der Waals surface area contributed by atoms with Crippen LogP contribution in [0.5, 0.6) is 0 Å². The first-order valence-corrected chi connectivity index (χ1v) is 6.20. The van der Waals surface area contributed by atoms with Crippen LogP contribution in [0.25, 0.3) is 0 Å². The van der Waals surface area contributed by atoms with Gasteiger partial charge in [0, 0.05) is 18.4 Å². The van der Waals surface area contributed by atoms with Crippen molar-refractivity contribution in [2.45, 2.75) is 12.8 Å². The smallest absolute Gasteiger partial charge is 0.224 e. The second-order valence-electron chi connectivity index (χ2n) is 4.31. The Bertz CT molecular complexity index is 653. The SMILES string of the molecule is N/C(=N/O)c1ccc(NC(=O)CCc2ccco2)c(F)c1. The molecule has 0 fully saturated rings. The summed E-state index contributed by atoms with van der Waals surface area (Å²) in [4.78, 5) is 11.7. The number of amidine groups is 1. The number of hydrogen-bond acceptors (Lipinski definition) is 4. The number of carbonyl (C=O) groups excluding carboxylic acids is 1. The van der Waals surface area contributed by atoms with E-state index in [1.807, 2.05) is 0 Å². The summed E-state index contributed by atoms with van der Waals surface area (Å²) >= 11 is 0. The molecule has 6 nitrogen and oxygen atoms in total. The maximum Gasteiger partial charge on any atom is 0.224 e. The van der Waals surface area contributed by atoms with Gasteiger partial charge < -0.3 is 20.7 Å². The van der Waals surface area contributed by atoms with E-state index in [2.05, 4.69) is 10.5 Å². The molecule has 0 unspecified atom stereocenters. The standard InChI is InChI=1S/C14H14FN3O3/c15-11-8-9(14(16)18-20)3-5-12(11)17-13(19)6-4-10-2-1-7-21-10/h1-3,5,7-8,20H,4,6H2,(H2,16,18)(H,17,19). The molecule has 21 heavy (non-hydrogen) atoms. The third-order valence-electron chi connectivity index (χ3n) is 2.83. The molecule has 2 aromatic rings. The Labute approximate surface area is 120 Å².